The Morgan fingerprint density at radius 3 is 2.79 bits per heavy atom. The summed E-state index contributed by atoms with van der Waals surface area (Å²) in [4.78, 5) is 4.28. The molecule has 1 atom stereocenters. The first-order valence-electron chi connectivity index (χ1n) is 5.03. The van der Waals surface area contributed by atoms with Crippen LogP contribution in [-0.4, -0.2) is 16.4 Å². The molecule has 0 fully saturated rings. The quantitative estimate of drug-likeness (QED) is 0.672. The lowest BCUT2D eigenvalue weighted by molar-refractivity contribution is 1.02. The van der Waals surface area contributed by atoms with Gasteiger partial charge in [0.05, 0.1) is 6.20 Å². The molecule has 1 aromatic heterocycles. The molecule has 1 N–H and O–H groups in total. The number of aromatic amines is 1. The monoisotopic (exact) mass is 191 g/mol. The SMILES string of the molecule is CC.CC1=CC(C)C=Nc2[nH]ncc21. The molecule has 0 amide bonds. The van der Waals surface area contributed by atoms with Crippen molar-refractivity contribution in [3.63, 3.8) is 0 Å². The molecule has 0 aliphatic carbocycles. The van der Waals surface area contributed by atoms with Crippen molar-refractivity contribution in [2.75, 3.05) is 0 Å². The highest BCUT2D eigenvalue weighted by Crippen LogP contribution is 2.26. The summed E-state index contributed by atoms with van der Waals surface area (Å²) in [6.45, 7) is 8.20. The van der Waals surface area contributed by atoms with E-state index >= 15 is 0 Å². The summed E-state index contributed by atoms with van der Waals surface area (Å²) in [7, 11) is 0. The van der Waals surface area contributed by atoms with Gasteiger partial charge in [-0.05, 0) is 12.5 Å². The zero-order valence-electron chi connectivity index (χ0n) is 9.20. The average molecular weight is 191 g/mol. The van der Waals surface area contributed by atoms with Crippen LogP contribution >= 0.6 is 0 Å². The van der Waals surface area contributed by atoms with Crippen molar-refractivity contribution < 1.29 is 0 Å². The van der Waals surface area contributed by atoms with Crippen LogP contribution < -0.4 is 0 Å². The van der Waals surface area contributed by atoms with Crippen LogP contribution in [0.25, 0.3) is 5.57 Å². The third kappa shape index (κ3) is 2.10. The van der Waals surface area contributed by atoms with Crippen LogP contribution in [0.15, 0.2) is 17.3 Å². The maximum Gasteiger partial charge on any atom is 0.155 e. The molecule has 0 spiro atoms. The van der Waals surface area contributed by atoms with Crippen molar-refractivity contribution in [2.45, 2.75) is 27.7 Å². The zero-order valence-corrected chi connectivity index (χ0v) is 9.20. The predicted octanol–water partition coefficient (Wildman–Crippen LogP) is 3.19. The van der Waals surface area contributed by atoms with Gasteiger partial charge in [0.25, 0.3) is 0 Å². The molecule has 1 aliphatic rings. The van der Waals surface area contributed by atoms with Crippen molar-refractivity contribution in [1.29, 1.82) is 0 Å². The van der Waals surface area contributed by atoms with Crippen LogP contribution in [0.3, 0.4) is 0 Å². The highest BCUT2D eigenvalue weighted by atomic mass is 15.2. The molecule has 0 saturated heterocycles. The van der Waals surface area contributed by atoms with Gasteiger partial charge in [-0.3, -0.25) is 5.10 Å². The van der Waals surface area contributed by atoms with Gasteiger partial charge in [0.2, 0.25) is 0 Å². The molecule has 1 aliphatic heterocycles. The minimum absolute atomic E-state index is 0.408. The first-order valence-corrected chi connectivity index (χ1v) is 5.03. The summed E-state index contributed by atoms with van der Waals surface area (Å²) >= 11 is 0. The molecule has 2 rings (SSSR count). The minimum atomic E-state index is 0.408. The second kappa shape index (κ2) is 4.74. The summed E-state index contributed by atoms with van der Waals surface area (Å²) in [6, 6.07) is 0. The van der Waals surface area contributed by atoms with E-state index in [1.54, 1.807) is 0 Å². The predicted molar refractivity (Wildman–Crippen MR) is 60.9 cm³/mol. The Hall–Kier alpha value is -1.38. The van der Waals surface area contributed by atoms with Gasteiger partial charge >= 0.3 is 0 Å². The number of aliphatic imine (C=N–C) groups is 1. The number of aromatic nitrogens is 2. The number of nitrogens with one attached hydrogen (secondary N) is 1. The van der Waals surface area contributed by atoms with Gasteiger partial charge in [0.1, 0.15) is 0 Å². The van der Waals surface area contributed by atoms with E-state index < -0.39 is 0 Å². The Balaban J connectivity index is 0.000000461. The van der Waals surface area contributed by atoms with Crippen molar-refractivity contribution in [3.05, 3.63) is 17.8 Å². The Kier molecular flexibility index (Phi) is 3.63. The molecule has 3 nitrogen and oxygen atoms in total. The van der Waals surface area contributed by atoms with E-state index in [1.165, 1.54) is 5.57 Å². The fraction of sp³-hybridized carbons (Fsp3) is 0.455. The highest BCUT2D eigenvalue weighted by molar-refractivity contribution is 5.80. The Morgan fingerprint density at radius 1 is 1.36 bits per heavy atom. The van der Waals surface area contributed by atoms with Crippen LogP contribution in [0.2, 0.25) is 0 Å². The normalized spacial score (nSPS) is 18.9. The molecule has 14 heavy (non-hydrogen) atoms. The number of fused-ring (bicyclic) bond motifs is 1. The maximum atomic E-state index is 4.28. The summed E-state index contributed by atoms with van der Waals surface area (Å²) in [5.41, 5.74) is 2.35. The molecule has 0 bridgehead atoms. The van der Waals surface area contributed by atoms with E-state index in [-0.39, 0.29) is 0 Å². The van der Waals surface area contributed by atoms with E-state index in [0.717, 1.165) is 11.4 Å². The Bertz CT molecular complexity index is 347. The van der Waals surface area contributed by atoms with Crippen LogP contribution in [0.4, 0.5) is 5.82 Å². The standard InChI is InChI=1S/C9H11N3.C2H6/c1-6-3-7(2)8-5-11-12-9(8)10-4-6;1-2/h3-6H,1-2H3,(H,11,12);1-2H3. The van der Waals surface area contributed by atoms with Crippen molar-refractivity contribution in [1.82, 2.24) is 10.2 Å². The number of allylic oxidation sites excluding steroid dienone is 2. The van der Waals surface area contributed by atoms with E-state index in [9.17, 15) is 0 Å². The summed E-state index contributed by atoms with van der Waals surface area (Å²) in [5.74, 6) is 1.28. The number of nitrogens with zero attached hydrogens (tertiary/aromatic N) is 2. The maximum absolute atomic E-state index is 4.28. The van der Waals surface area contributed by atoms with Crippen molar-refractivity contribution >= 4 is 17.6 Å². The topological polar surface area (TPSA) is 41.0 Å². The fourth-order valence-electron chi connectivity index (χ4n) is 1.39. The van der Waals surface area contributed by atoms with Crippen molar-refractivity contribution in [3.8, 4) is 0 Å². The number of H-pyrrole nitrogens is 1. The van der Waals surface area contributed by atoms with E-state index in [0.29, 0.717) is 5.92 Å². The largest absolute Gasteiger partial charge is 0.261 e. The van der Waals surface area contributed by atoms with Crippen LogP contribution in [0.1, 0.15) is 33.3 Å². The summed E-state index contributed by atoms with van der Waals surface area (Å²) < 4.78 is 0. The molecule has 1 unspecified atom stereocenters. The second-order valence-corrected chi connectivity index (χ2v) is 3.12. The third-order valence-corrected chi connectivity index (χ3v) is 2.00. The molecule has 0 radical (unpaired) electrons. The molecular formula is C11H17N3. The van der Waals surface area contributed by atoms with Gasteiger partial charge < -0.3 is 0 Å². The van der Waals surface area contributed by atoms with Crippen LogP contribution in [0.5, 0.6) is 0 Å². The van der Waals surface area contributed by atoms with Gasteiger partial charge in [-0.25, -0.2) is 4.99 Å². The molecule has 1 aromatic rings. The summed E-state index contributed by atoms with van der Waals surface area (Å²) in [6.07, 6.45) is 5.93. The van der Waals surface area contributed by atoms with Gasteiger partial charge in [-0.1, -0.05) is 26.8 Å². The highest BCUT2D eigenvalue weighted by Gasteiger charge is 2.09. The second-order valence-electron chi connectivity index (χ2n) is 3.12. The number of rotatable bonds is 0. The van der Waals surface area contributed by atoms with Crippen LogP contribution in [-0.2, 0) is 0 Å². The van der Waals surface area contributed by atoms with Crippen molar-refractivity contribution in [2.24, 2.45) is 10.9 Å². The Morgan fingerprint density at radius 2 is 2.07 bits per heavy atom. The molecule has 2 heterocycles. The lowest BCUT2D eigenvalue weighted by Crippen LogP contribution is -1.88. The molecule has 0 aromatic carbocycles. The van der Waals surface area contributed by atoms with E-state index in [2.05, 4.69) is 35.1 Å². The van der Waals surface area contributed by atoms with Crippen LogP contribution in [0, 0.1) is 5.92 Å². The first kappa shape index (κ1) is 10.7. The molecule has 3 heteroatoms. The summed E-state index contributed by atoms with van der Waals surface area (Å²) in [5, 5.41) is 6.80. The van der Waals surface area contributed by atoms with E-state index in [4.69, 9.17) is 0 Å². The third-order valence-electron chi connectivity index (χ3n) is 2.00. The minimum Gasteiger partial charge on any atom is -0.261 e. The number of hydrogen-bond donors (Lipinski definition) is 1. The van der Waals surface area contributed by atoms with Gasteiger partial charge in [-0.15, -0.1) is 0 Å². The molecule has 76 valence electrons. The Labute approximate surface area is 85.0 Å². The lowest BCUT2D eigenvalue weighted by atomic mass is 10.1. The lowest BCUT2D eigenvalue weighted by Gasteiger charge is -1.96. The molecular weight excluding hydrogens is 174 g/mol. The van der Waals surface area contributed by atoms with Gasteiger partial charge in [-0.2, -0.15) is 5.10 Å². The van der Waals surface area contributed by atoms with Gasteiger partial charge in [0.15, 0.2) is 5.82 Å². The zero-order chi connectivity index (χ0) is 10.6. The van der Waals surface area contributed by atoms with Gasteiger partial charge in [0, 0.05) is 17.7 Å². The fourth-order valence-corrected chi connectivity index (χ4v) is 1.39. The number of hydrogen-bond acceptors (Lipinski definition) is 2. The first-order chi connectivity index (χ1) is 6.77. The molecule has 0 saturated carbocycles. The average Bonchev–Trinajstić information content (AvgIpc) is 2.61. The van der Waals surface area contributed by atoms with E-state index in [1.807, 2.05) is 26.3 Å². The smallest absolute Gasteiger partial charge is 0.155 e.